The zero-order valence-electron chi connectivity index (χ0n) is 11.4. The molecule has 104 valence electrons. The van der Waals surface area contributed by atoms with Gasteiger partial charge >= 0.3 is 0 Å². The number of hydrogen-bond acceptors (Lipinski definition) is 4. The van der Waals surface area contributed by atoms with Crippen LogP contribution in [0.2, 0.25) is 0 Å². The number of rotatable bonds is 1. The molecule has 2 heterocycles. The molecule has 0 aromatic carbocycles. The van der Waals surface area contributed by atoms with E-state index >= 15 is 0 Å². The highest BCUT2D eigenvalue weighted by atomic mass is 16.3. The van der Waals surface area contributed by atoms with Crippen molar-refractivity contribution in [1.82, 2.24) is 14.7 Å². The molecule has 1 saturated carbocycles. The first kappa shape index (κ1) is 12.6. The Labute approximate surface area is 112 Å². The molecule has 3 N–H and O–H groups in total. The van der Waals surface area contributed by atoms with Crippen LogP contribution in [0.3, 0.4) is 0 Å². The highest BCUT2D eigenvalue weighted by Crippen LogP contribution is 2.50. The third-order valence-corrected chi connectivity index (χ3v) is 4.15. The number of nitrogens with two attached hydrogens (primary N) is 1. The van der Waals surface area contributed by atoms with Gasteiger partial charge in [-0.1, -0.05) is 0 Å². The second-order valence-electron chi connectivity index (χ2n) is 6.57. The van der Waals surface area contributed by atoms with E-state index in [1.54, 1.807) is 6.07 Å². The van der Waals surface area contributed by atoms with E-state index in [-0.39, 0.29) is 5.41 Å². The normalized spacial score (nSPS) is 34.7. The summed E-state index contributed by atoms with van der Waals surface area (Å²) in [6, 6.07) is 1.77. The minimum absolute atomic E-state index is 0.0600. The molecule has 0 atom stereocenters. The number of carbonyl (C=O) groups excluding carboxylic acids is 1. The van der Waals surface area contributed by atoms with E-state index in [2.05, 4.69) is 17.0 Å². The molecular formula is C13H20N4O2. The second-order valence-corrected chi connectivity index (χ2v) is 6.57. The lowest BCUT2D eigenvalue weighted by molar-refractivity contribution is -0.129. The van der Waals surface area contributed by atoms with E-state index in [1.165, 1.54) is 0 Å². The Kier molecular flexibility index (Phi) is 2.53. The SMILES string of the molecule is CN1Cc2cc(C(N)=O)nn2CC2(C1)CC(C)(O)C2. The van der Waals surface area contributed by atoms with Crippen LogP contribution in [0.25, 0.3) is 0 Å². The number of carbonyl (C=O) groups is 1. The Balaban J connectivity index is 1.92. The van der Waals surface area contributed by atoms with Crippen molar-refractivity contribution >= 4 is 5.91 Å². The first-order valence-electron chi connectivity index (χ1n) is 6.56. The van der Waals surface area contributed by atoms with Gasteiger partial charge in [0.25, 0.3) is 5.91 Å². The maximum absolute atomic E-state index is 11.2. The van der Waals surface area contributed by atoms with Crippen LogP contribution in [0.15, 0.2) is 6.07 Å². The van der Waals surface area contributed by atoms with E-state index in [9.17, 15) is 9.90 Å². The Morgan fingerprint density at radius 2 is 2.16 bits per heavy atom. The van der Waals surface area contributed by atoms with Crippen molar-refractivity contribution in [2.45, 2.75) is 38.5 Å². The average molecular weight is 264 g/mol. The third-order valence-electron chi connectivity index (χ3n) is 4.15. The van der Waals surface area contributed by atoms with E-state index in [0.29, 0.717) is 5.69 Å². The standard InChI is InChI=1S/C13H20N4O2/c1-12(19)5-13(6-12)7-16(2)4-9-3-10(11(14)18)15-17(9)8-13/h3,19H,4-8H2,1-2H3,(H2,14,18). The smallest absolute Gasteiger partial charge is 0.269 e. The lowest BCUT2D eigenvalue weighted by Gasteiger charge is -2.52. The molecule has 0 unspecified atom stereocenters. The molecule has 0 radical (unpaired) electrons. The molecule has 0 saturated heterocycles. The van der Waals surface area contributed by atoms with Crippen LogP contribution < -0.4 is 5.73 Å². The van der Waals surface area contributed by atoms with Gasteiger partial charge in [-0.2, -0.15) is 5.10 Å². The largest absolute Gasteiger partial charge is 0.390 e. The number of primary amides is 1. The number of nitrogens with zero attached hydrogens (tertiary/aromatic N) is 3. The number of aromatic nitrogens is 2. The zero-order valence-corrected chi connectivity index (χ0v) is 11.4. The molecule has 1 amide bonds. The summed E-state index contributed by atoms with van der Waals surface area (Å²) in [6.07, 6.45) is 1.55. The fourth-order valence-corrected chi connectivity index (χ4v) is 3.90. The fourth-order valence-electron chi connectivity index (χ4n) is 3.90. The lowest BCUT2D eigenvalue weighted by Crippen LogP contribution is -2.55. The van der Waals surface area contributed by atoms with Gasteiger partial charge in [-0.15, -0.1) is 0 Å². The summed E-state index contributed by atoms with van der Waals surface area (Å²) in [4.78, 5) is 13.4. The fraction of sp³-hybridized carbons (Fsp3) is 0.692. The molecule has 1 fully saturated rings. The van der Waals surface area contributed by atoms with Crippen LogP contribution in [0, 0.1) is 5.41 Å². The van der Waals surface area contributed by atoms with Crippen LogP contribution in [-0.4, -0.2) is 44.9 Å². The summed E-state index contributed by atoms with van der Waals surface area (Å²) in [5, 5.41) is 14.3. The van der Waals surface area contributed by atoms with Gasteiger partial charge in [-0.25, -0.2) is 0 Å². The Bertz CT molecular complexity index is 527. The van der Waals surface area contributed by atoms with Crippen molar-refractivity contribution in [3.8, 4) is 0 Å². The molecule has 1 aromatic heterocycles. The minimum Gasteiger partial charge on any atom is -0.390 e. The third kappa shape index (κ3) is 2.15. The second kappa shape index (κ2) is 3.80. The molecule has 1 aliphatic carbocycles. The topological polar surface area (TPSA) is 84.4 Å². The van der Waals surface area contributed by atoms with Gasteiger partial charge in [-0.05, 0) is 32.9 Å². The summed E-state index contributed by atoms with van der Waals surface area (Å²) >= 11 is 0. The van der Waals surface area contributed by atoms with Gasteiger partial charge in [0.15, 0.2) is 0 Å². The number of aliphatic hydroxyl groups is 1. The minimum atomic E-state index is -0.564. The van der Waals surface area contributed by atoms with Gasteiger partial charge in [0.05, 0.1) is 11.3 Å². The van der Waals surface area contributed by atoms with Gasteiger partial charge < -0.3 is 10.8 Å². The summed E-state index contributed by atoms with van der Waals surface area (Å²) < 4.78 is 1.89. The number of fused-ring (bicyclic) bond motifs is 1. The van der Waals surface area contributed by atoms with Crippen LogP contribution in [-0.2, 0) is 13.1 Å². The Morgan fingerprint density at radius 1 is 1.47 bits per heavy atom. The van der Waals surface area contributed by atoms with Crippen molar-refractivity contribution in [2.24, 2.45) is 11.1 Å². The first-order chi connectivity index (χ1) is 8.79. The van der Waals surface area contributed by atoms with Gasteiger partial charge in [0.2, 0.25) is 0 Å². The maximum atomic E-state index is 11.2. The summed E-state index contributed by atoms with van der Waals surface area (Å²) in [5.74, 6) is -0.488. The van der Waals surface area contributed by atoms with Crippen molar-refractivity contribution in [3.63, 3.8) is 0 Å². The predicted octanol–water partition coefficient (Wildman–Crippen LogP) is -0.0414. The van der Waals surface area contributed by atoms with E-state index in [4.69, 9.17) is 5.73 Å². The zero-order chi connectivity index (χ0) is 13.8. The molecule has 6 heteroatoms. The first-order valence-corrected chi connectivity index (χ1v) is 6.56. The van der Waals surface area contributed by atoms with Gasteiger partial charge in [-0.3, -0.25) is 14.4 Å². The highest BCUT2D eigenvalue weighted by molar-refractivity contribution is 5.90. The molecule has 1 aromatic rings. The van der Waals surface area contributed by atoms with Crippen molar-refractivity contribution in [3.05, 3.63) is 17.5 Å². The molecule has 1 aliphatic heterocycles. The molecule has 1 spiro atoms. The average Bonchev–Trinajstić information content (AvgIpc) is 2.52. The van der Waals surface area contributed by atoms with Crippen LogP contribution in [0.5, 0.6) is 0 Å². The van der Waals surface area contributed by atoms with E-state index in [0.717, 1.165) is 38.2 Å². The predicted molar refractivity (Wildman–Crippen MR) is 69.4 cm³/mol. The summed E-state index contributed by atoms with van der Waals surface area (Å²) in [7, 11) is 2.06. The van der Waals surface area contributed by atoms with Crippen LogP contribution in [0.4, 0.5) is 0 Å². The van der Waals surface area contributed by atoms with Crippen molar-refractivity contribution < 1.29 is 9.90 Å². The summed E-state index contributed by atoms with van der Waals surface area (Å²) in [6.45, 7) is 4.32. The molecular weight excluding hydrogens is 244 g/mol. The quantitative estimate of drug-likeness (QED) is 0.745. The lowest BCUT2D eigenvalue weighted by atomic mass is 9.59. The van der Waals surface area contributed by atoms with E-state index < -0.39 is 11.5 Å². The Morgan fingerprint density at radius 3 is 2.74 bits per heavy atom. The number of hydrogen-bond donors (Lipinski definition) is 2. The molecule has 6 nitrogen and oxygen atoms in total. The van der Waals surface area contributed by atoms with Crippen molar-refractivity contribution in [2.75, 3.05) is 13.6 Å². The highest BCUT2D eigenvalue weighted by Gasteiger charge is 2.52. The molecule has 3 rings (SSSR count). The monoisotopic (exact) mass is 264 g/mol. The number of amides is 1. The summed E-state index contributed by atoms with van der Waals surface area (Å²) in [5.41, 5.74) is 6.12. The molecule has 2 aliphatic rings. The van der Waals surface area contributed by atoms with Crippen LogP contribution >= 0.6 is 0 Å². The van der Waals surface area contributed by atoms with Crippen LogP contribution in [0.1, 0.15) is 35.9 Å². The molecule has 0 bridgehead atoms. The van der Waals surface area contributed by atoms with Gasteiger partial charge in [0.1, 0.15) is 5.69 Å². The molecule has 19 heavy (non-hydrogen) atoms. The maximum Gasteiger partial charge on any atom is 0.269 e. The van der Waals surface area contributed by atoms with Crippen molar-refractivity contribution in [1.29, 1.82) is 0 Å². The van der Waals surface area contributed by atoms with Gasteiger partial charge in [0, 0.05) is 25.0 Å². The Hall–Kier alpha value is -1.40. The van der Waals surface area contributed by atoms with E-state index in [1.807, 2.05) is 11.6 Å².